The van der Waals surface area contributed by atoms with Crippen LogP contribution in [0, 0.1) is 0 Å². The first-order valence-corrected chi connectivity index (χ1v) is 6.70. The van der Waals surface area contributed by atoms with E-state index in [-0.39, 0.29) is 19.0 Å². The van der Waals surface area contributed by atoms with E-state index in [0.29, 0.717) is 17.1 Å². The van der Waals surface area contributed by atoms with Crippen molar-refractivity contribution in [3.05, 3.63) is 23.8 Å². The van der Waals surface area contributed by atoms with Gasteiger partial charge < -0.3 is 19.1 Å². The van der Waals surface area contributed by atoms with Crippen molar-refractivity contribution in [1.29, 1.82) is 0 Å². The number of rotatable bonds is 8. The van der Waals surface area contributed by atoms with Gasteiger partial charge in [-0.1, -0.05) is 0 Å². The van der Waals surface area contributed by atoms with Crippen LogP contribution in [0.15, 0.2) is 18.2 Å². The predicted molar refractivity (Wildman–Crippen MR) is 77.4 cm³/mol. The third-order valence-electron chi connectivity index (χ3n) is 3.28. The molecule has 1 unspecified atom stereocenters. The zero-order chi connectivity index (χ0) is 16.7. The first kappa shape index (κ1) is 18.2. The number of nitrogens with zero attached hydrogens (tertiary/aromatic N) is 1. The van der Waals surface area contributed by atoms with E-state index in [4.69, 9.17) is 14.2 Å². The highest BCUT2D eigenvalue weighted by Crippen LogP contribution is 2.26. The van der Waals surface area contributed by atoms with Crippen LogP contribution < -0.4 is 9.47 Å². The first-order valence-electron chi connectivity index (χ1n) is 6.70. The largest absolute Gasteiger partial charge is 0.497 e. The van der Waals surface area contributed by atoms with Crippen molar-refractivity contribution in [3.63, 3.8) is 0 Å². The molecule has 22 heavy (non-hydrogen) atoms. The Bertz CT molecular complexity index is 496. The van der Waals surface area contributed by atoms with Crippen LogP contribution in [0.5, 0.6) is 11.5 Å². The topological polar surface area (TPSA) is 48.0 Å². The lowest BCUT2D eigenvalue weighted by molar-refractivity contribution is -0.133. The summed E-state index contributed by atoms with van der Waals surface area (Å²) in [6.45, 7) is 1.28. The minimum atomic E-state index is -2.66. The van der Waals surface area contributed by atoms with Crippen molar-refractivity contribution in [2.24, 2.45) is 0 Å². The smallest absolute Gasteiger partial charge is 0.266 e. The molecule has 0 aliphatic rings. The Kier molecular flexibility index (Phi) is 7.04. The molecule has 0 N–H and O–H groups in total. The summed E-state index contributed by atoms with van der Waals surface area (Å²) in [6.07, 6.45) is -3.99. The number of amides is 1. The van der Waals surface area contributed by atoms with Crippen molar-refractivity contribution >= 4 is 5.91 Å². The van der Waals surface area contributed by atoms with Crippen LogP contribution >= 0.6 is 0 Å². The maximum atomic E-state index is 12.8. The molecule has 0 fully saturated rings. The first-order chi connectivity index (χ1) is 10.4. The van der Waals surface area contributed by atoms with E-state index in [1.54, 1.807) is 18.2 Å². The Hall–Kier alpha value is -1.89. The summed E-state index contributed by atoms with van der Waals surface area (Å²) in [4.78, 5) is 13.0. The second-order valence-corrected chi connectivity index (χ2v) is 4.69. The predicted octanol–water partition coefficient (Wildman–Crippen LogP) is 2.33. The highest BCUT2D eigenvalue weighted by atomic mass is 19.3. The summed E-state index contributed by atoms with van der Waals surface area (Å²) < 4.78 is 40.7. The third-order valence-corrected chi connectivity index (χ3v) is 3.28. The monoisotopic (exact) mass is 317 g/mol. The van der Waals surface area contributed by atoms with Crippen LogP contribution in [0.3, 0.4) is 0 Å². The molecule has 0 spiro atoms. The lowest BCUT2D eigenvalue weighted by atomic mass is 10.1. The summed E-state index contributed by atoms with van der Waals surface area (Å²) in [5, 5.41) is 0. The SMILES string of the molecule is COc1ccc(CN(CC(OC)C(F)F)C(C)=O)c(OC)c1. The van der Waals surface area contributed by atoms with Crippen molar-refractivity contribution in [2.45, 2.75) is 26.0 Å². The van der Waals surface area contributed by atoms with Crippen molar-refractivity contribution < 1.29 is 27.8 Å². The summed E-state index contributed by atoms with van der Waals surface area (Å²) in [6, 6.07) is 5.13. The fraction of sp³-hybridized carbons (Fsp3) is 0.533. The zero-order valence-corrected chi connectivity index (χ0v) is 13.1. The molecule has 1 aromatic rings. The number of methoxy groups -OCH3 is 3. The maximum Gasteiger partial charge on any atom is 0.266 e. The lowest BCUT2D eigenvalue weighted by Crippen LogP contribution is -2.39. The third kappa shape index (κ3) is 4.84. The molecule has 0 radical (unpaired) electrons. The molecule has 0 bridgehead atoms. The molecule has 1 aromatic carbocycles. The molecule has 0 aliphatic carbocycles. The van der Waals surface area contributed by atoms with E-state index in [1.807, 2.05) is 0 Å². The Morgan fingerprint density at radius 3 is 2.36 bits per heavy atom. The van der Waals surface area contributed by atoms with Gasteiger partial charge in [0.15, 0.2) is 0 Å². The molecule has 0 aliphatic heterocycles. The Morgan fingerprint density at radius 2 is 1.91 bits per heavy atom. The number of halogens is 2. The molecule has 0 heterocycles. The molecule has 0 aromatic heterocycles. The van der Waals surface area contributed by atoms with Gasteiger partial charge >= 0.3 is 0 Å². The second kappa shape index (κ2) is 8.53. The second-order valence-electron chi connectivity index (χ2n) is 4.69. The Balaban J connectivity index is 2.93. The fourth-order valence-corrected chi connectivity index (χ4v) is 1.97. The minimum Gasteiger partial charge on any atom is -0.497 e. The Morgan fingerprint density at radius 1 is 1.23 bits per heavy atom. The van der Waals surface area contributed by atoms with Gasteiger partial charge in [0.05, 0.1) is 20.8 Å². The van der Waals surface area contributed by atoms with E-state index in [9.17, 15) is 13.6 Å². The lowest BCUT2D eigenvalue weighted by Gasteiger charge is -2.26. The number of carbonyl (C=O) groups excluding carboxylic acids is 1. The zero-order valence-electron chi connectivity index (χ0n) is 13.1. The van der Waals surface area contributed by atoms with Crippen molar-refractivity contribution in [3.8, 4) is 11.5 Å². The van der Waals surface area contributed by atoms with Gasteiger partial charge in [0.1, 0.15) is 17.6 Å². The van der Waals surface area contributed by atoms with E-state index in [0.717, 1.165) is 0 Å². The van der Waals surface area contributed by atoms with Crippen molar-refractivity contribution in [2.75, 3.05) is 27.9 Å². The van der Waals surface area contributed by atoms with Gasteiger partial charge in [0.25, 0.3) is 6.43 Å². The van der Waals surface area contributed by atoms with Crippen molar-refractivity contribution in [1.82, 2.24) is 4.90 Å². The standard InChI is InChI=1S/C15H21F2NO4/c1-10(19)18(9-14(22-4)15(16)17)8-11-5-6-12(20-2)7-13(11)21-3/h5-7,14-15H,8-9H2,1-4H3. The average Bonchev–Trinajstić information content (AvgIpc) is 2.50. The molecule has 124 valence electrons. The number of hydrogen-bond donors (Lipinski definition) is 0. The molecular weight excluding hydrogens is 296 g/mol. The van der Waals surface area contributed by atoms with Crippen LogP contribution in [0.2, 0.25) is 0 Å². The normalized spacial score (nSPS) is 12.1. The van der Waals surface area contributed by atoms with Gasteiger partial charge in [-0.2, -0.15) is 0 Å². The highest BCUT2D eigenvalue weighted by molar-refractivity contribution is 5.73. The van der Waals surface area contributed by atoms with Gasteiger partial charge in [0.2, 0.25) is 5.91 Å². The average molecular weight is 317 g/mol. The van der Waals surface area contributed by atoms with Gasteiger partial charge in [-0.25, -0.2) is 8.78 Å². The highest BCUT2D eigenvalue weighted by Gasteiger charge is 2.25. The van der Waals surface area contributed by atoms with E-state index in [1.165, 1.54) is 33.2 Å². The summed E-state index contributed by atoms with van der Waals surface area (Å²) >= 11 is 0. The van der Waals surface area contributed by atoms with Gasteiger partial charge in [-0.15, -0.1) is 0 Å². The molecule has 1 amide bonds. The number of hydrogen-bond acceptors (Lipinski definition) is 4. The van der Waals surface area contributed by atoms with Gasteiger partial charge in [0, 0.05) is 32.2 Å². The van der Waals surface area contributed by atoms with Gasteiger partial charge in [-0.3, -0.25) is 4.79 Å². The number of alkyl halides is 2. The van der Waals surface area contributed by atoms with Crippen LogP contribution in [0.25, 0.3) is 0 Å². The van der Waals surface area contributed by atoms with E-state index >= 15 is 0 Å². The summed E-state index contributed by atoms with van der Waals surface area (Å²) in [5.74, 6) is 0.814. The van der Waals surface area contributed by atoms with E-state index < -0.39 is 12.5 Å². The fourth-order valence-electron chi connectivity index (χ4n) is 1.97. The molecule has 7 heteroatoms. The summed E-state index contributed by atoms with van der Waals surface area (Å²) in [5.41, 5.74) is 0.697. The molecule has 0 saturated carbocycles. The molecule has 5 nitrogen and oxygen atoms in total. The Labute approximate surface area is 128 Å². The minimum absolute atomic E-state index is 0.148. The molecular formula is C15H21F2NO4. The van der Waals surface area contributed by atoms with Crippen LogP contribution in [-0.2, 0) is 16.1 Å². The number of benzene rings is 1. The maximum absolute atomic E-state index is 12.8. The number of carbonyl (C=O) groups is 1. The quantitative estimate of drug-likeness (QED) is 0.738. The van der Waals surface area contributed by atoms with Crippen LogP contribution in [-0.4, -0.2) is 51.2 Å². The van der Waals surface area contributed by atoms with Crippen LogP contribution in [0.4, 0.5) is 8.78 Å². The van der Waals surface area contributed by atoms with Gasteiger partial charge in [-0.05, 0) is 12.1 Å². The molecule has 0 saturated heterocycles. The van der Waals surface area contributed by atoms with E-state index in [2.05, 4.69) is 0 Å². The summed E-state index contributed by atoms with van der Waals surface area (Å²) in [7, 11) is 4.22. The number of ether oxygens (including phenoxy) is 3. The molecule has 1 atom stereocenters. The molecule has 1 rings (SSSR count). The van der Waals surface area contributed by atoms with Crippen LogP contribution in [0.1, 0.15) is 12.5 Å².